The first kappa shape index (κ1) is 12.3. The Balaban J connectivity index is 1.77. The molecule has 2 aromatic heterocycles. The van der Waals surface area contributed by atoms with Gasteiger partial charge in [0.15, 0.2) is 11.5 Å². The smallest absolute Gasteiger partial charge is 0.178 e. The summed E-state index contributed by atoms with van der Waals surface area (Å²) in [5.41, 5.74) is 0.784. The van der Waals surface area contributed by atoms with Gasteiger partial charge in [0.1, 0.15) is 5.82 Å². The molecule has 0 radical (unpaired) electrons. The molecule has 1 aliphatic heterocycles. The van der Waals surface area contributed by atoms with Crippen LogP contribution in [0.2, 0.25) is 0 Å². The fraction of sp³-hybridized carbons (Fsp3) is 0.615. The molecular weight excluding hydrogens is 242 g/mol. The number of hydrogen-bond donors (Lipinski definition) is 1. The van der Waals surface area contributed by atoms with E-state index in [0.717, 1.165) is 43.3 Å². The predicted molar refractivity (Wildman–Crippen MR) is 72.3 cm³/mol. The second kappa shape index (κ2) is 5.13. The highest BCUT2D eigenvalue weighted by molar-refractivity contribution is 5.44. The third kappa shape index (κ3) is 2.53. The zero-order chi connectivity index (χ0) is 13.2. The van der Waals surface area contributed by atoms with Gasteiger partial charge >= 0.3 is 0 Å². The minimum absolute atomic E-state index is 0.302. The first-order chi connectivity index (χ1) is 9.24. The molecule has 0 aromatic carbocycles. The minimum atomic E-state index is 0.302. The normalized spacial score (nSPS) is 19.4. The van der Waals surface area contributed by atoms with E-state index < -0.39 is 0 Å². The van der Waals surface area contributed by atoms with E-state index in [-0.39, 0.29) is 0 Å². The van der Waals surface area contributed by atoms with Crippen LogP contribution in [-0.4, -0.2) is 39.1 Å². The molecule has 0 bridgehead atoms. The quantitative estimate of drug-likeness (QED) is 0.909. The Morgan fingerprint density at radius 1 is 1.42 bits per heavy atom. The number of fused-ring (bicyclic) bond motifs is 1. The van der Waals surface area contributed by atoms with Gasteiger partial charge in [-0.2, -0.15) is 4.52 Å². The molecule has 6 heteroatoms. The predicted octanol–water partition coefficient (Wildman–Crippen LogP) is 1.84. The maximum Gasteiger partial charge on any atom is 0.178 e. The molecule has 1 fully saturated rings. The van der Waals surface area contributed by atoms with Crippen LogP contribution in [0.25, 0.3) is 5.65 Å². The molecule has 2 aromatic rings. The van der Waals surface area contributed by atoms with Gasteiger partial charge in [-0.15, -0.1) is 15.3 Å². The lowest BCUT2D eigenvalue weighted by molar-refractivity contribution is 0.120. The van der Waals surface area contributed by atoms with E-state index in [4.69, 9.17) is 4.74 Å². The molecule has 0 spiro atoms. The third-order valence-electron chi connectivity index (χ3n) is 3.34. The average Bonchev–Trinajstić information content (AvgIpc) is 3.05. The fourth-order valence-electron chi connectivity index (χ4n) is 2.28. The monoisotopic (exact) mass is 261 g/mol. The Bertz CT molecular complexity index is 559. The summed E-state index contributed by atoms with van der Waals surface area (Å²) in [7, 11) is 0. The first-order valence-electron chi connectivity index (χ1n) is 6.82. The molecule has 0 unspecified atom stereocenters. The average molecular weight is 261 g/mol. The van der Waals surface area contributed by atoms with Crippen LogP contribution in [0.5, 0.6) is 0 Å². The second-order valence-electron chi connectivity index (χ2n) is 5.22. The maximum atomic E-state index is 5.59. The van der Waals surface area contributed by atoms with E-state index in [9.17, 15) is 0 Å². The van der Waals surface area contributed by atoms with Crippen molar-refractivity contribution in [3.05, 3.63) is 18.0 Å². The standard InChI is InChI=1S/C13H19N5O/c1-9(2)13-16-15-12-6-5-11(17-18(12)13)14-8-10-4-3-7-19-10/h5-6,9-10H,3-4,7-8H2,1-2H3,(H,14,17)/t10-/m0/s1. The van der Waals surface area contributed by atoms with Crippen LogP contribution in [0.3, 0.4) is 0 Å². The number of nitrogens with one attached hydrogen (secondary N) is 1. The summed E-state index contributed by atoms with van der Waals surface area (Å²) in [6.45, 7) is 5.86. The number of ether oxygens (including phenoxy) is 1. The van der Waals surface area contributed by atoms with Crippen molar-refractivity contribution < 1.29 is 4.74 Å². The van der Waals surface area contributed by atoms with Crippen molar-refractivity contribution in [2.45, 2.75) is 38.7 Å². The fourth-order valence-corrected chi connectivity index (χ4v) is 2.28. The highest BCUT2D eigenvalue weighted by Crippen LogP contribution is 2.15. The molecule has 19 heavy (non-hydrogen) atoms. The molecule has 1 N–H and O–H groups in total. The highest BCUT2D eigenvalue weighted by Gasteiger charge is 2.15. The van der Waals surface area contributed by atoms with Crippen LogP contribution in [0.4, 0.5) is 5.82 Å². The van der Waals surface area contributed by atoms with Gasteiger partial charge in [-0.25, -0.2) is 0 Å². The van der Waals surface area contributed by atoms with Crippen molar-refractivity contribution in [3.8, 4) is 0 Å². The molecule has 0 amide bonds. The van der Waals surface area contributed by atoms with Crippen LogP contribution in [-0.2, 0) is 4.74 Å². The van der Waals surface area contributed by atoms with Gasteiger partial charge in [0.05, 0.1) is 6.10 Å². The molecular formula is C13H19N5O. The summed E-state index contributed by atoms with van der Waals surface area (Å²) in [6.07, 6.45) is 2.59. The lowest BCUT2D eigenvalue weighted by Crippen LogP contribution is -2.19. The molecule has 6 nitrogen and oxygen atoms in total. The Labute approximate surface area is 112 Å². The van der Waals surface area contributed by atoms with Crippen molar-refractivity contribution >= 4 is 11.5 Å². The van der Waals surface area contributed by atoms with Gasteiger partial charge in [0.25, 0.3) is 0 Å². The highest BCUT2D eigenvalue weighted by atomic mass is 16.5. The molecule has 102 valence electrons. The van der Waals surface area contributed by atoms with E-state index in [1.165, 1.54) is 0 Å². The second-order valence-corrected chi connectivity index (χ2v) is 5.22. The van der Waals surface area contributed by atoms with E-state index in [0.29, 0.717) is 12.0 Å². The molecule has 3 rings (SSSR count). The largest absolute Gasteiger partial charge is 0.376 e. The number of hydrogen-bond acceptors (Lipinski definition) is 5. The van der Waals surface area contributed by atoms with Gasteiger partial charge in [-0.05, 0) is 25.0 Å². The van der Waals surface area contributed by atoms with Gasteiger partial charge < -0.3 is 10.1 Å². The van der Waals surface area contributed by atoms with Crippen molar-refractivity contribution in [3.63, 3.8) is 0 Å². The molecule has 1 saturated heterocycles. The van der Waals surface area contributed by atoms with Crippen molar-refractivity contribution in [1.29, 1.82) is 0 Å². The topological polar surface area (TPSA) is 64.3 Å². The summed E-state index contributed by atoms with van der Waals surface area (Å²) in [5.74, 6) is 2.02. The maximum absolute atomic E-state index is 5.59. The van der Waals surface area contributed by atoms with Gasteiger partial charge in [0, 0.05) is 19.1 Å². The number of anilines is 1. The van der Waals surface area contributed by atoms with Crippen LogP contribution < -0.4 is 5.32 Å². The summed E-state index contributed by atoms with van der Waals surface area (Å²) < 4.78 is 7.40. The molecule has 3 heterocycles. The molecule has 1 aliphatic rings. The van der Waals surface area contributed by atoms with Crippen molar-refractivity contribution in [2.24, 2.45) is 0 Å². The summed E-state index contributed by atoms with van der Waals surface area (Å²) in [6, 6.07) is 3.87. The number of aromatic nitrogens is 4. The van der Waals surface area contributed by atoms with Gasteiger partial charge in [0.2, 0.25) is 0 Å². The van der Waals surface area contributed by atoms with Crippen LogP contribution in [0, 0.1) is 0 Å². The van der Waals surface area contributed by atoms with Gasteiger partial charge in [-0.3, -0.25) is 0 Å². The summed E-state index contributed by atoms with van der Waals surface area (Å²) in [5, 5.41) is 16.2. The van der Waals surface area contributed by atoms with Gasteiger partial charge in [-0.1, -0.05) is 13.8 Å². The van der Waals surface area contributed by atoms with Crippen LogP contribution in [0.15, 0.2) is 12.1 Å². The zero-order valence-electron chi connectivity index (χ0n) is 11.3. The Hall–Kier alpha value is -1.69. The first-order valence-corrected chi connectivity index (χ1v) is 6.82. The van der Waals surface area contributed by atoms with E-state index >= 15 is 0 Å². The van der Waals surface area contributed by atoms with E-state index in [1.807, 2.05) is 16.6 Å². The third-order valence-corrected chi connectivity index (χ3v) is 3.34. The lowest BCUT2D eigenvalue weighted by atomic mass is 10.2. The van der Waals surface area contributed by atoms with Crippen LogP contribution >= 0.6 is 0 Å². The molecule has 1 atom stereocenters. The Kier molecular flexibility index (Phi) is 3.33. The summed E-state index contributed by atoms with van der Waals surface area (Å²) >= 11 is 0. The lowest BCUT2D eigenvalue weighted by Gasteiger charge is -2.11. The SMILES string of the molecule is CC(C)c1nnc2ccc(NC[C@@H]3CCCO3)nn12. The molecule has 0 aliphatic carbocycles. The minimum Gasteiger partial charge on any atom is -0.376 e. The van der Waals surface area contributed by atoms with E-state index in [1.54, 1.807) is 0 Å². The van der Waals surface area contributed by atoms with Crippen molar-refractivity contribution in [2.75, 3.05) is 18.5 Å². The Morgan fingerprint density at radius 2 is 2.32 bits per heavy atom. The number of nitrogens with zero attached hydrogens (tertiary/aromatic N) is 4. The number of rotatable bonds is 4. The summed E-state index contributed by atoms with van der Waals surface area (Å²) in [4.78, 5) is 0. The van der Waals surface area contributed by atoms with Crippen molar-refractivity contribution in [1.82, 2.24) is 19.8 Å². The van der Waals surface area contributed by atoms with Crippen LogP contribution in [0.1, 0.15) is 38.4 Å². The Morgan fingerprint density at radius 3 is 3.05 bits per heavy atom. The molecule has 0 saturated carbocycles. The van der Waals surface area contributed by atoms with E-state index in [2.05, 4.69) is 34.5 Å². The zero-order valence-corrected chi connectivity index (χ0v) is 11.3.